The molecule has 0 aliphatic rings. The largest absolute Gasteiger partial charge is 0.493 e. The Bertz CT molecular complexity index is 861. The molecule has 6 nitrogen and oxygen atoms in total. The number of hydrazone groups is 1. The summed E-state index contributed by atoms with van der Waals surface area (Å²) in [7, 11) is -0.695. The summed E-state index contributed by atoms with van der Waals surface area (Å²) in [5.74, 6) is 1.02. The quantitative estimate of drug-likeness (QED) is 0.643. The van der Waals surface area contributed by atoms with Gasteiger partial charge in [-0.2, -0.15) is 13.5 Å². The highest BCUT2D eigenvalue weighted by Gasteiger charge is 2.15. The van der Waals surface area contributed by atoms with Crippen LogP contribution in [0.4, 0.5) is 0 Å². The number of nitrogens with zero attached hydrogens (tertiary/aromatic N) is 1. The van der Waals surface area contributed by atoms with Crippen LogP contribution in [-0.2, 0) is 10.0 Å². The normalized spacial score (nSPS) is 11.5. The lowest BCUT2D eigenvalue weighted by Gasteiger charge is -2.10. The Balaban J connectivity index is 2.25. The van der Waals surface area contributed by atoms with E-state index in [1.807, 2.05) is 13.0 Å². The molecule has 0 aliphatic heterocycles. The second kappa shape index (κ2) is 7.35. The van der Waals surface area contributed by atoms with Gasteiger partial charge < -0.3 is 9.47 Å². The van der Waals surface area contributed by atoms with E-state index in [1.165, 1.54) is 20.4 Å². The van der Waals surface area contributed by atoms with E-state index in [1.54, 1.807) is 37.3 Å². The molecule has 0 amide bonds. The number of methoxy groups -OCH3 is 2. The molecule has 0 atom stereocenters. The van der Waals surface area contributed by atoms with Gasteiger partial charge in [0, 0.05) is 5.56 Å². The van der Waals surface area contributed by atoms with E-state index in [9.17, 15) is 8.42 Å². The molecule has 0 saturated heterocycles. The molecule has 1 N–H and O–H groups in total. The highest BCUT2D eigenvalue weighted by Crippen LogP contribution is 2.29. The number of aryl methyl sites for hydroxylation is 2. The zero-order valence-corrected chi connectivity index (χ0v) is 14.8. The number of hydrogen-bond acceptors (Lipinski definition) is 5. The van der Waals surface area contributed by atoms with Gasteiger partial charge in [0.15, 0.2) is 11.5 Å². The molecule has 128 valence electrons. The van der Waals surface area contributed by atoms with E-state index >= 15 is 0 Å². The van der Waals surface area contributed by atoms with Crippen LogP contribution in [0.5, 0.6) is 11.5 Å². The van der Waals surface area contributed by atoms with Crippen molar-refractivity contribution in [2.24, 2.45) is 5.10 Å². The number of rotatable bonds is 6. The van der Waals surface area contributed by atoms with E-state index < -0.39 is 10.0 Å². The minimum absolute atomic E-state index is 0.197. The first-order chi connectivity index (χ1) is 11.4. The Labute approximate surface area is 142 Å². The SMILES string of the molecule is COc1cccc(/C=N/NS(=O)(=O)c2ccc(C)cc2C)c1OC. The van der Waals surface area contributed by atoms with Gasteiger partial charge in [-0.1, -0.05) is 23.8 Å². The van der Waals surface area contributed by atoms with Crippen molar-refractivity contribution >= 4 is 16.2 Å². The fourth-order valence-corrected chi connectivity index (χ4v) is 3.35. The standard InChI is InChI=1S/C17H20N2O4S/c1-12-8-9-16(13(2)10-12)24(20,21)19-18-11-14-6-5-7-15(22-3)17(14)23-4/h5-11,19H,1-4H3/b18-11+. The smallest absolute Gasteiger partial charge is 0.276 e. The van der Waals surface area contributed by atoms with Crippen LogP contribution in [-0.4, -0.2) is 28.9 Å². The van der Waals surface area contributed by atoms with Gasteiger partial charge in [-0.3, -0.25) is 0 Å². The maximum absolute atomic E-state index is 12.4. The maximum Gasteiger partial charge on any atom is 0.276 e. The molecule has 0 aliphatic carbocycles. The average molecular weight is 348 g/mol. The monoisotopic (exact) mass is 348 g/mol. The lowest BCUT2D eigenvalue weighted by molar-refractivity contribution is 0.354. The topological polar surface area (TPSA) is 77.0 Å². The predicted octanol–water partition coefficient (Wildman–Crippen LogP) is 2.63. The third kappa shape index (κ3) is 3.86. The van der Waals surface area contributed by atoms with E-state index in [4.69, 9.17) is 9.47 Å². The van der Waals surface area contributed by atoms with Gasteiger partial charge in [-0.15, -0.1) is 0 Å². The van der Waals surface area contributed by atoms with E-state index in [0.717, 1.165) is 5.56 Å². The highest BCUT2D eigenvalue weighted by atomic mass is 32.2. The van der Waals surface area contributed by atoms with Crippen LogP contribution in [0.2, 0.25) is 0 Å². The molecule has 24 heavy (non-hydrogen) atoms. The molecule has 0 heterocycles. The molecule has 0 saturated carbocycles. The first-order valence-corrected chi connectivity index (χ1v) is 8.70. The van der Waals surface area contributed by atoms with Crippen LogP contribution in [0.1, 0.15) is 16.7 Å². The first kappa shape index (κ1) is 17.8. The van der Waals surface area contributed by atoms with Crippen LogP contribution >= 0.6 is 0 Å². The summed E-state index contributed by atoms with van der Waals surface area (Å²) < 4.78 is 35.2. The fourth-order valence-electron chi connectivity index (χ4n) is 2.33. The van der Waals surface area contributed by atoms with Gasteiger partial charge in [0.1, 0.15) is 0 Å². The van der Waals surface area contributed by atoms with Gasteiger partial charge in [0.25, 0.3) is 10.0 Å². The Morgan fingerprint density at radius 3 is 2.46 bits per heavy atom. The van der Waals surface area contributed by atoms with Crippen molar-refractivity contribution in [2.45, 2.75) is 18.7 Å². The van der Waals surface area contributed by atoms with Crippen LogP contribution in [0, 0.1) is 13.8 Å². The van der Waals surface area contributed by atoms with Gasteiger partial charge >= 0.3 is 0 Å². The summed E-state index contributed by atoms with van der Waals surface area (Å²) in [5.41, 5.74) is 2.26. The fraction of sp³-hybridized carbons (Fsp3) is 0.235. The van der Waals surface area contributed by atoms with Crippen LogP contribution in [0.3, 0.4) is 0 Å². The van der Waals surface area contributed by atoms with Crippen molar-refractivity contribution in [3.63, 3.8) is 0 Å². The van der Waals surface area contributed by atoms with Crippen molar-refractivity contribution in [2.75, 3.05) is 14.2 Å². The Morgan fingerprint density at radius 1 is 1.08 bits per heavy atom. The van der Waals surface area contributed by atoms with Crippen molar-refractivity contribution in [1.29, 1.82) is 0 Å². The van der Waals surface area contributed by atoms with Crippen LogP contribution in [0.15, 0.2) is 46.4 Å². The highest BCUT2D eigenvalue weighted by molar-refractivity contribution is 7.89. The third-order valence-electron chi connectivity index (χ3n) is 3.43. The molecule has 2 rings (SSSR count). The number of nitrogens with one attached hydrogen (secondary N) is 1. The molecule has 7 heteroatoms. The summed E-state index contributed by atoms with van der Waals surface area (Å²) in [5, 5.41) is 3.84. The summed E-state index contributed by atoms with van der Waals surface area (Å²) in [6, 6.07) is 10.4. The van der Waals surface area contributed by atoms with Crippen molar-refractivity contribution in [3.05, 3.63) is 53.1 Å². The number of hydrogen-bond donors (Lipinski definition) is 1. The van der Waals surface area contributed by atoms with Crippen LogP contribution < -0.4 is 14.3 Å². The molecule has 0 fully saturated rings. The zero-order valence-electron chi connectivity index (χ0n) is 14.0. The third-order valence-corrected chi connectivity index (χ3v) is 4.81. The van der Waals surface area contributed by atoms with E-state index in [0.29, 0.717) is 22.6 Å². The summed E-state index contributed by atoms with van der Waals surface area (Å²) >= 11 is 0. The summed E-state index contributed by atoms with van der Waals surface area (Å²) in [6.45, 7) is 3.65. The molecular formula is C17H20N2O4S. The van der Waals surface area contributed by atoms with E-state index in [2.05, 4.69) is 9.93 Å². The van der Waals surface area contributed by atoms with Gasteiger partial charge in [0.2, 0.25) is 0 Å². The van der Waals surface area contributed by atoms with Crippen molar-refractivity contribution in [1.82, 2.24) is 4.83 Å². The van der Waals surface area contributed by atoms with Crippen LogP contribution in [0.25, 0.3) is 0 Å². The average Bonchev–Trinajstić information content (AvgIpc) is 2.53. The molecule has 2 aromatic rings. The second-order valence-electron chi connectivity index (χ2n) is 5.20. The molecular weight excluding hydrogens is 328 g/mol. The number of para-hydroxylation sites is 1. The molecule has 0 unspecified atom stereocenters. The number of ether oxygens (including phenoxy) is 2. The van der Waals surface area contributed by atoms with Gasteiger partial charge in [-0.05, 0) is 37.6 Å². The Hall–Kier alpha value is -2.54. The first-order valence-electron chi connectivity index (χ1n) is 7.22. The molecule has 0 radical (unpaired) electrons. The molecule has 0 aromatic heterocycles. The van der Waals surface area contributed by atoms with Crippen molar-refractivity contribution < 1.29 is 17.9 Å². The van der Waals surface area contributed by atoms with Crippen molar-refractivity contribution in [3.8, 4) is 11.5 Å². The Morgan fingerprint density at radius 2 is 1.83 bits per heavy atom. The Kier molecular flexibility index (Phi) is 5.46. The number of sulfonamides is 1. The summed E-state index contributed by atoms with van der Waals surface area (Å²) in [4.78, 5) is 2.42. The molecule has 0 bridgehead atoms. The molecule has 0 spiro atoms. The van der Waals surface area contributed by atoms with E-state index in [-0.39, 0.29) is 4.90 Å². The molecule has 2 aromatic carbocycles. The lowest BCUT2D eigenvalue weighted by Crippen LogP contribution is -2.19. The number of benzene rings is 2. The zero-order chi connectivity index (χ0) is 17.7. The minimum Gasteiger partial charge on any atom is -0.493 e. The van der Waals surface area contributed by atoms with Gasteiger partial charge in [-0.25, -0.2) is 4.83 Å². The maximum atomic E-state index is 12.4. The second-order valence-corrected chi connectivity index (χ2v) is 6.83. The summed E-state index contributed by atoms with van der Waals surface area (Å²) in [6.07, 6.45) is 1.38. The van der Waals surface area contributed by atoms with Gasteiger partial charge in [0.05, 0.1) is 25.3 Å². The minimum atomic E-state index is -3.73. The predicted molar refractivity (Wildman–Crippen MR) is 93.4 cm³/mol. The lowest BCUT2D eigenvalue weighted by atomic mass is 10.2.